The van der Waals surface area contributed by atoms with E-state index in [9.17, 15) is 18.0 Å². The Bertz CT molecular complexity index is 794. The molecule has 1 fully saturated rings. The normalized spacial score (nSPS) is 23.7. The van der Waals surface area contributed by atoms with Crippen molar-refractivity contribution in [2.24, 2.45) is 0 Å². The molecule has 1 N–H and O–H groups in total. The lowest BCUT2D eigenvalue weighted by Gasteiger charge is -2.39. The first kappa shape index (κ1) is 22.6. The number of carbonyl (C=O) groups excluding carboxylic acids is 1. The molecule has 0 radical (unpaired) electrons. The van der Waals surface area contributed by atoms with Crippen molar-refractivity contribution in [3.63, 3.8) is 0 Å². The van der Waals surface area contributed by atoms with Crippen molar-refractivity contribution in [1.29, 1.82) is 5.26 Å². The maximum atomic E-state index is 13.3. The zero-order chi connectivity index (χ0) is 21.5. The Morgan fingerprint density at radius 2 is 1.89 bits per heavy atom. The second kappa shape index (κ2) is 7.62. The van der Waals surface area contributed by atoms with Gasteiger partial charge in [-0.05, 0) is 24.2 Å². The molecule has 1 aliphatic heterocycles. The highest BCUT2D eigenvalue weighted by atomic mass is 28.4. The van der Waals surface area contributed by atoms with Crippen LogP contribution < -0.4 is 4.90 Å². The second-order valence-electron chi connectivity index (χ2n) is 8.84. The van der Waals surface area contributed by atoms with Gasteiger partial charge in [0.2, 0.25) is 0 Å². The van der Waals surface area contributed by atoms with Gasteiger partial charge in [0.05, 0.1) is 23.6 Å². The van der Waals surface area contributed by atoms with Crippen LogP contribution >= 0.6 is 0 Å². The van der Waals surface area contributed by atoms with E-state index in [1.165, 1.54) is 6.07 Å². The number of hydrogen-bond acceptors (Lipinski definition) is 3. The van der Waals surface area contributed by atoms with Crippen molar-refractivity contribution in [2.75, 3.05) is 0 Å². The number of rotatable bonds is 4. The van der Waals surface area contributed by atoms with Crippen LogP contribution in [0.1, 0.15) is 51.7 Å². The number of quaternary nitrogens is 1. The monoisotopic (exact) mass is 413 g/mol. The third-order valence-corrected chi connectivity index (χ3v) is 10.5. The summed E-state index contributed by atoms with van der Waals surface area (Å²) in [6, 6.07) is 4.85. The largest absolute Gasteiger partial charge is 0.417 e. The van der Waals surface area contributed by atoms with Gasteiger partial charge >= 0.3 is 12.1 Å². The van der Waals surface area contributed by atoms with Crippen molar-refractivity contribution >= 4 is 19.9 Å². The van der Waals surface area contributed by atoms with Crippen LogP contribution in [-0.4, -0.2) is 26.4 Å². The predicted molar refractivity (Wildman–Crippen MR) is 103 cm³/mol. The van der Waals surface area contributed by atoms with Gasteiger partial charge in [0, 0.05) is 18.6 Å². The van der Waals surface area contributed by atoms with Gasteiger partial charge < -0.3 is 4.43 Å². The topological polar surface area (TPSA) is 54.5 Å². The molecule has 1 aromatic rings. The van der Waals surface area contributed by atoms with Crippen LogP contribution in [0.15, 0.2) is 18.2 Å². The van der Waals surface area contributed by atoms with Gasteiger partial charge in [-0.25, -0.2) is 9.69 Å². The van der Waals surface area contributed by atoms with E-state index in [1.807, 2.05) is 6.92 Å². The average molecular weight is 414 g/mol. The molecular weight excluding hydrogens is 385 g/mol. The van der Waals surface area contributed by atoms with Crippen molar-refractivity contribution in [1.82, 2.24) is 0 Å². The van der Waals surface area contributed by atoms with Crippen LogP contribution in [0.3, 0.4) is 0 Å². The van der Waals surface area contributed by atoms with Crippen LogP contribution in [0, 0.1) is 11.3 Å². The summed E-state index contributed by atoms with van der Waals surface area (Å²) in [6.07, 6.45) is -4.19. The Hall–Kier alpha value is -1.69. The third-order valence-electron chi connectivity index (χ3n) is 5.96. The summed E-state index contributed by atoms with van der Waals surface area (Å²) in [5.41, 5.74) is -1.20. The molecule has 28 heavy (non-hydrogen) atoms. The number of nitriles is 1. The van der Waals surface area contributed by atoms with E-state index in [1.54, 1.807) is 6.07 Å². The van der Waals surface area contributed by atoms with Gasteiger partial charge in [0.1, 0.15) is 17.8 Å². The highest BCUT2D eigenvalue weighted by Crippen LogP contribution is 2.39. The van der Waals surface area contributed by atoms with E-state index >= 15 is 0 Å². The summed E-state index contributed by atoms with van der Waals surface area (Å²) in [5, 5.41) is 8.96. The lowest BCUT2D eigenvalue weighted by molar-refractivity contribution is -0.772. The molecule has 3 atom stereocenters. The Balaban J connectivity index is 2.42. The summed E-state index contributed by atoms with van der Waals surface area (Å²) in [7, 11) is -2.13. The van der Waals surface area contributed by atoms with E-state index < -0.39 is 25.6 Å². The zero-order valence-corrected chi connectivity index (χ0v) is 18.2. The number of amides is 1. The zero-order valence-electron chi connectivity index (χ0n) is 17.2. The van der Waals surface area contributed by atoms with Crippen molar-refractivity contribution in [2.45, 2.75) is 77.0 Å². The fourth-order valence-corrected chi connectivity index (χ4v) is 4.75. The minimum absolute atomic E-state index is 0.0327. The number of hydrogen-bond donors (Lipinski definition) is 1. The third kappa shape index (κ3) is 4.32. The molecule has 0 spiro atoms. The molecule has 4 nitrogen and oxygen atoms in total. The SMILES string of the molecule is CC[C@H]1[C@@H](O[Si](C)(C)C(C)(C)C)CC(=O)[NH+]1c1ccc(C#N)c(C(F)(F)F)c1. The van der Waals surface area contributed by atoms with Crippen LogP contribution in [0.4, 0.5) is 18.9 Å². The quantitative estimate of drug-likeness (QED) is 0.753. The molecule has 0 aromatic heterocycles. The molecule has 1 aliphatic rings. The lowest BCUT2D eigenvalue weighted by atomic mass is 10.1. The fourth-order valence-electron chi connectivity index (χ4n) is 3.39. The highest BCUT2D eigenvalue weighted by molar-refractivity contribution is 6.74. The summed E-state index contributed by atoms with van der Waals surface area (Å²) in [6.45, 7) is 12.4. The van der Waals surface area contributed by atoms with Gasteiger partial charge in [0.15, 0.2) is 8.32 Å². The van der Waals surface area contributed by atoms with E-state index in [-0.39, 0.29) is 35.2 Å². The average Bonchev–Trinajstić information content (AvgIpc) is 2.86. The number of halogens is 3. The number of nitrogens with zero attached hydrogens (tertiary/aromatic N) is 1. The Morgan fingerprint density at radius 3 is 2.36 bits per heavy atom. The molecule has 0 aliphatic carbocycles. The number of benzene rings is 1. The van der Waals surface area contributed by atoms with Gasteiger partial charge in [0.25, 0.3) is 0 Å². The molecule has 8 heteroatoms. The number of nitrogens with one attached hydrogen (secondary N) is 1. The standard InChI is InChI=1S/C20H27F3N2O2Si/c1-7-16-17(27-28(5,6)19(2,3)4)11-18(26)25(16)14-9-8-13(12-24)15(10-14)20(21,22)23/h8-10,16-17H,7,11H2,1-6H3/p+1/t16-,17-/m0/s1. The maximum absolute atomic E-state index is 13.3. The summed E-state index contributed by atoms with van der Waals surface area (Å²) in [5.74, 6) is -0.173. The van der Waals surface area contributed by atoms with Gasteiger partial charge in [-0.15, -0.1) is 0 Å². The van der Waals surface area contributed by atoms with E-state index in [4.69, 9.17) is 9.69 Å². The maximum Gasteiger partial charge on any atom is 0.417 e. The first-order valence-electron chi connectivity index (χ1n) is 9.42. The molecule has 1 aromatic carbocycles. The summed E-state index contributed by atoms with van der Waals surface area (Å²) < 4.78 is 46.5. The molecule has 1 heterocycles. The molecule has 1 amide bonds. The first-order chi connectivity index (χ1) is 12.7. The number of alkyl halides is 3. The van der Waals surface area contributed by atoms with Crippen LogP contribution in [0.25, 0.3) is 0 Å². The molecule has 1 saturated heterocycles. The van der Waals surface area contributed by atoms with Gasteiger partial charge in [-0.1, -0.05) is 27.7 Å². The molecule has 0 saturated carbocycles. The molecule has 0 bridgehead atoms. The van der Waals surface area contributed by atoms with Gasteiger partial charge in [-0.3, -0.25) is 0 Å². The fraction of sp³-hybridized carbons (Fsp3) is 0.600. The van der Waals surface area contributed by atoms with Crippen LogP contribution in [-0.2, 0) is 15.4 Å². The van der Waals surface area contributed by atoms with E-state index in [2.05, 4.69) is 33.9 Å². The summed E-state index contributed by atoms with van der Waals surface area (Å²) >= 11 is 0. The lowest BCUT2D eigenvalue weighted by Crippen LogP contribution is -3.12. The Morgan fingerprint density at radius 1 is 1.29 bits per heavy atom. The van der Waals surface area contributed by atoms with Gasteiger partial charge in [-0.2, -0.15) is 18.4 Å². The van der Waals surface area contributed by atoms with E-state index in [0.717, 1.165) is 12.1 Å². The van der Waals surface area contributed by atoms with Crippen molar-refractivity contribution in [3.8, 4) is 6.07 Å². The molecule has 154 valence electrons. The Kier molecular flexibility index (Phi) is 6.15. The summed E-state index contributed by atoms with van der Waals surface area (Å²) in [4.78, 5) is 13.1. The molecular formula is C20H28F3N2O2Si+. The Labute approximate surface area is 165 Å². The minimum Gasteiger partial charge on any atom is -0.407 e. The predicted octanol–water partition coefficient (Wildman–Crippen LogP) is 4.19. The first-order valence-corrected chi connectivity index (χ1v) is 12.3. The second-order valence-corrected chi connectivity index (χ2v) is 13.6. The van der Waals surface area contributed by atoms with E-state index in [0.29, 0.717) is 11.3 Å². The van der Waals surface area contributed by atoms with Crippen LogP contribution in [0.2, 0.25) is 18.1 Å². The smallest absolute Gasteiger partial charge is 0.407 e. The van der Waals surface area contributed by atoms with Crippen LogP contribution in [0.5, 0.6) is 0 Å². The minimum atomic E-state index is -4.65. The molecule has 2 rings (SSSR count). The van der Waals surface area contributed by atoms with Crippen molar-refractivity contribution in [3.05, 3.63) is 29.3 Å². The highest BCUT2D eigenvalue weighted by Gasteiger charge is 2.50. The molecule has 1 unspecified atom stereocenters. The number of carbonyl (C=O) groups is 1. The van der Waals surface area contributed by atoms with Crippen molar-refractivity contribution < 1.29 is 27.3 Å².